The Labute approximate surface area is 251 Å². The fourth-order valence-electron chi connectivity index (χ4n) is 5.93. The van der Waals surface area contributed by atoms with Crippen LogP contribution in [0.3, 0.4) is 0 Å². The maximum Gasteiger partial charge on any atom is 0.349 e. The lowest BCUT2D eigenvalue weighted by Crippen LogP contribution is -2.18. The average Bonchev–Trinajstić information content (AvgIpc) is 3.39. The van der Waals surface area contributed by atoms with E-state index in [4.69, 9.17) is 14.5 Å². The van der Waals surface area contributed by atoms with Crippen molar-refractivity contribution in [3.63, 3.8) is 0 Å². The molecular weight excluding hydrogens is 556 g/mol. The number of aryl methyl sites for hydroxylation is 1. The van der Waals surface area contributed by atoms with Gasteiger partial charge in [0.15, 0.2) is 0 Å². The molecule has 3 heterocycles. The van der Waals surface area contributed by atoms with Crippen LogP contribution in [0.25, 0.3) is 27.9 Å². The van der Waals surface area contributed by atoms with Crippen LogP contribution in [0.15, 0.2) is 117 Å². The van der Waals surface area contributed by atoms with Gasteiger partial charge in [0.2, 0.25) is 0 Å². The van der Waals surface area contributed by atoms with Crippen LogP contribution in [0.4, 0.5) is 11.4 Å². The van der Waals surface area contributed by atoms with E-state index >= 15 is 0 Å². The number of aliphatic imine (C=N–C) groups is 1. The largest absolute Gasteiger partial charge is 0.506 e. The van der Waals surface area contributed by atoms with Gasteiger partial charge in [-0.2, -0.15) is 5.10 Å². The van der Waals surface area contributed by atoms with Gasteiger partial charge in [-0.3, -0.25) is 15.1 Å². The predicted octanol–water partition coefficient (Wildman–Crippen LogP) is 7.42. The van der Waals surface area contributed by atoms with Crippen molar-refractivity contribution in [3.05, 3.63) is 146 Å². The van der Waals surface area contributed by atoms with E-state index < -0.39 is 10.5 Å². The molecule has 9 nitrogen and oxygen atoms in total. The van der Waals surface area contributed by atoms with Crippen LogP contribution in [0.1, 0.15) is 34.6 Å². The summed E-state index contributed by atoms with van der Waals surface area (Å²) >= 11 is 0. The number of nitrogens with zero attached hydrogens (tertiary/aromatic N) is 4. The Balaban J connectivity index is 1.43. The molecule has 9 heteroatoms. The minimum atomic E-state index is -0.667. The quantitative estimate of drug-likeness (QED) is 0.128. The number of para-hydroxylation sites is 3. The second-order valence-electron chi connectivity index (χ2n) is 10.9. The first-order chi connectivity index (χ1) is 21.4. The van der Waals surface area contributed by atoms with Crippen LogP contribution >= 0.6 is 0 Å². The summed E-state index contributed by atoms with van der Waals surface area (Å²) in [5, 5.41) is 28.5. The Morgan fingerprint density at radius 2 is 1.73 bits per heavy atom. The predicted molar refractivity (Wildman–Crippen MR) is 168 cm³/mol. The molecule has 1 N–H and O–H groups in total. The van der Waals surface area contributed by atoms with Crippen molar-refractivity contribution in [1.82, 2.24) is 9.78 Å². The van der Waals surface area contributed by atoms with Crippen molar-refractivity contribution in [2.24, 2.45) is 4.99 Å². The summed E-state index contributed by atoms with van der Waals surface area (Å²) in [4.78, 5) is 29.6. The highest BCUT2D eigenvalue weighted by atomic mass is 16.6. The molecule has 0 amide bonds. The van der Waals surface area contributed by atoms with Crippen molar-refractivity contribution >= 4 is 28.1 Å². The Bertz CT molecular complexity index is 2160. The lowest BCUT2D eigenvalue weighted by Gasteiger charge is -2.17. The van der Waals surface area contributed by atoms with E-state index in [1.807, 2.05) is 73.8 Å². The molecule has 0 radical (unpaired) electrons. The minimum absolute atomic E-state index is 0.0251. The summed E-state index contributed by atoms with van der Waals surface area (Å²) in [5.41, 5.74) is 5.30. The summed E-state index contributed by atoms with van der Waals surface area (Å²) in [6.07, 6.45) is 2.78. The van der Waals surface area contributed by atoms with E-state index in [1.54, 1.807) is 28.9 Å². The summed E-state index contributed by atoms with van der Waals surface area (Å²) in [7, 11) is 0. The first kappa shape index (κ1) is 27.0. The van der Waals surface area contributed by atoms with Crippen molar-refractivity contribution < 1.29 is 14.4 Å². The van der Waals surface area contributed by atoms with Crippen LogP contribution in [0.5, 0.6) is 5.75 Å². The van der Waals surface area contributed by atoms with Crippen LogP contribution in [-0.2, 0) is 6.42 Å². The van der Waals surface area contributed by atoms with Crippen molar-refractivity contribution in [3.8, 4) is 22.7 Å². The Hall–Kier alpha value is -5.83. The number of nitro benzene ring substituents is 1. The number of nitro groups is 1. The van der Waals surface area contributed by atoms with Crippen molar-refractivity contribution in [2.75, 3.05) is 0 Å². The Morgan fingerprint density at radius 1 is 0.955 bits per heavy atom. The molecule has 7 rings (SSSR count). The molecule has 1 unspecified atom stereocenters. The van der Waals surface area contributed by atoms with Crippen LogP contribution in [0, 0.1) is 17.0 Å². The fourth-order valence-corrected chi connectivity index (χ4v) is 5.93. The van der Waals surface area contributed by atoms with Gasteiger partial charge < -0.3 is 9.52 Å². The average molecular weight is 583 g/mol. The molecule has 1 atom stereocenters. The zero-order valence-electron chi connectivity index (χ0n) is 23.7. The van der Waals surface area contributed by atoms with Crippen LogP contribution in [0.2, 0.25) is 0 Å². The first-order valence-electron chi connectivity index (χ1n) is 14.2. The molecule has 0 bridgehead atoms. The van der Waals surface area contributed by atoms with Gasteiger partial charge in [0.05, 0.1) is 33.1 Å². The zero-order valence-corrected chi connectivity index (χ0v) is 23.7. The normalized spacial score (nSPS) is 14.6. The van der Waals surface area contributed by atoms with Crippen LogP contribution in [-0.4, -0.2) is 25.5 Å². The molecule has 0 saturated heterocycles. The molecule has 44 heavy (non-hydrogen) atoms. The zero-order chi connectivity index (χ0) is 30.4. The number of non-ortho nitro benzene ring substituents is 1. The monoisotopic (exact) mass is 582 g/mol. The molecule has 6 aromatic rings. The van der Waals surface area contributed by atoms with Crippen LogP contribution < -0.4 is 5.63 Å². The standard InChI is InChI=1S/C35H26N4O5/c1-21-9-7-15-27-33(40)31(35(41)44-34(21)27)30-19-24(17-22-10-5-6-16-29(22)36-30)28-20-38(25-12-3-2-4-13-25)37-32(28)23-11-8-14-26(18-23)39(42)43/h2-16,18,20,24,40H,17,19H2,1H3. The second kappa shape index (κ2) is 10.8. The molecule has 0 saturated carbocycles. The van der Waals surface area contributed by atoms with Gasteiger partial charge in [-0.15, -0.1) is 0 Å². The Kier molecular flexibility index (Phi) is 6.62. The highest BCUT2D eigenvalue weighted by molar-refractivity contribution is 6.08. The van der Waals surface area contributed by atoms with E-state index in [1.165, 1.54) is 12.1 Å². The molecule has 2 aromatic heterocycles. The lowest BCUT2D eigenvalue weighted by molar-refractivity contribution is -0.384. The highest BCUT2D eigenvalue weighted by Crippen LogP contribution is 2.40. The number of fused-ring (bicyclic) bond motifs is 2. The van der Waals surface area contributed by atoms with E-state index in [2.05, 4.69) is 0 Å². The van der Waals surface area contributed by atoms with E-state index in [0.717, 1.165) is 22.4 Å². The van der Waals surface area contributed by atoms with Gasteiger partial charge in [0.1, 0.15) is 16.9 Å². The summed E-state index contributed by atoms with van der Waals surface area (Å²) < 4.78 is 7.51. The SMILES string of the molecule is Cc1cccc2c(O)c(C3=Nc4ccccc4CC(c4cn(-c5ccccc5)nc4-c4cccc([N+](=O)[O-])c4)C3)c(=O)oc12. The maximum atomic E-state index is 13.5. The molecule has 0 fully saturated rings. The maximum absolute atomic E-state index is 13.5. The summed E-state index contributed by atoms with van der Waals surface area (Å²) in [6.45, 7) is 1.82. The van der Waals surface area contributed by atoms with Gasteiger partial charge in [-0.25, -0.2) is 9.48 Å². The van der Waals surface area contributed by atoms with E-state index in [-0.39, 0.29) is 29.3 Å². The molecule has 1 aliphatic rings. The number of aromatic hydroxyl groups is 1. The van der Waals surface area contributed by atoms with Gasteiger partial charge >= 0.3 is 5.63 Å². The van der Waals surface area contributed by atoms with Gasteiger partial charge in [0.25, 0.3) is 5.69 Å². The number of rotatable bonds is 5. The molecule has 1 aliphatic heterocycles. The van der Waals surface area contributed by atoms with Gasteiger partial charge in [-0.1, -0.05) is 60.7 Å². The molecule has 4 aromatic carbocycles. The molecule has 0 aliphatic carbocycles. The number of hydrogen-bond acceptors (Lipinski definition) is 7. The number of benzene rings is 4. The molecule has 216 valence electrons. The number of aromatic nitrogens is 2. The smallest absolute Gasteiger partial charge is 0.349 e. The first-order valence-corrected chi connectivity index (χ1v) is 14.2. The lowest BCUT2D eigenvalue weighted by atomic mass is 9.86. The topological polar surface area (TPSA) is 124 Å². The van der Waals surface area contributed by atoms with Gasteiger partial charge in [0, 0.05) is 29.5 Å². The minimum Gasteiger partial charge on any atom is -0.506 e. The van der Waals surface area contributed by atoms with E-state index in [0.29, 0.717) is 40.0 Å². The third-order valence-electron chi connectivity index (χ3n) is 8.08. The third kappa shape index (κ3) is 4.74. The van der Waals surface area contributed by atoms with Crippen molar-refractivity contribution in [1.29, 1.82) is 0 Å². The number of hydrogen-bond donors (Lipinski definition) is 1. The fraction of sp³-hybridized carbons (Fsp3) is 0.114. The summed E-state index contributed by atoms with van der Waals surface area (Å²) in [5.74, 6) is -0.424. The Morgan fingerprint density at radius 3 is 2.55 bits per heavy atom. The highest BCUT2D eigenvalue weighted by Gasteiger charge is 2.30. The summed E-state index contributed by atoms with van der Waals surface area (Å²) in [6, 6.07) is 29.1. The van der Waals surface area contributed by atoms with E-state index in [9.17, 15) is 20.0 Å². The van der Waals surface area contributed by atoms with Crippen molar-refractivity contribution in [2.45, 2.75) is 25.7 Å². The molecular formula is C35H26N4O5. The third-order valence-corrected chi connectivity index (χ3v) is 8.08. The second-order valence-corrected chi connectivity index (χ2v) is 10.9. The molecule has 0 spiro atoms. The van der Waals surface area contributed by atoms with Gasteiger partial charge in [-0.05, 0) is 61.1 Å².